The van der Waals surface area contributed by atoms with Crippen molar-refractivity contribution in [2.45, 2.75) is 37.8 Å². The summed E-state index contributed by atoms with van der Waals surface area (Å²) in [6, 6.07) is 1.50. The molecule has 2 heterocycles. The smallest absolute Gasteiger partial charge is 0.407 e. The maximum Gasteiger partial charge on any atom is 0.407 e. The lowest BCUT2D eigenvalue weighted by atomic mass is 10.0. The van der Waals surface area contributed by atoms with Crippen LogP contribution < -0.4 is 0 Å². The Hall–Kier alpha value is -0.810. The summed E-state index contributed by atoms with van der Waals surface area (Å²) in [6.45, 7) is 6.20. The topological polar surface area (TPSA) is 47.0 Å². The highest BCUT2D eigenvalue weighted by molar-refractivity contribution is 5.65. The number of hydrogen-bond donors (Lipinski definition) is 1. The fourth-order valence-electron chi connectivity index (χ4n) is 3.33. The summed E-state index contributed by atoms with van der Waals surface area (Å²) in [6.07, 6.45) is 4.06. The third-order valence-electron chi connectivity index (χ3n) is 4.66. The molecule has 5 nitrogen and oxygen atoms in total. The van der Waals surface area contributed by atoms with Gasteiger partial charge in [0.15, 0.2) is 0 Å². The van der Waals surface area contributed by atoms with Crippen LogP contribution in [0.1, 0.15) is 25.7 Å². The number of piperidine rings is 1. The fraction of sp³-hybridized carbons (Fsp3) is 0.923. The van der Waals surface area contributed by atoms with Crippen LogP contribution in [0.5, 0.6) is 0 Å². The Morgan fingerprint density at radius 3 is 1.61 bits per heavy atom. The zero-order chi connectivity index (χ0) is 12.5. The van der Waals surface area contributed by atoms with Crippen LogP contribution in [0.2, 0.25) is 0 Å². The molecule has 0 aromatic carbocycles. The summed E-state index contributed by atoms with van der Waals surface area (Å²) in [5.74, 6) is 0. The van der Waals surface area contributed by atoms with E-state index in [1.807, 2.05) is 0 Å². The zero-order valence-corrected chi connectivity index (χ0v) is 10.9. The molecular weight excluding hydrogens is 230 g/mol. The third kappa shape index (κ3) is 2.62. The van der Waals surface area contributed by atoms with Crippen molar-refractivity contribution < 1.29 is 9.90 Å². The second kappa shape index (κ2) is 5.05. The normalized spacial score (nSPS) is 28.6. The molecule has 3 aliphatic rings. The highest BCUT2D eigenvalue weighted by Gasteiger charge is 2.34. The molecule has 0 radical (unpaired) electrons. The van der Waals surface area contributed by atoms with Crippen molar-refractivity contribution in [3.05, 3.63) is 0 Å². The molecule has 0 aromatic rings. The first-order valence-electron chi connectivity index (χ1n) is 7.20. The molecule has 0 spiro atoms. The minimum atomic E-state index is -0.757. The minimum absolute atomic E-state index is 0.613. The van der Waals surface area contributed by atoms with Crippen molar-refractivity contribution in [1.29, 1.82) is 0 Å². The molecule has 1 saturated carbocycles. The molecule has 5 heteroatoms. The van der Waals surface area contributed by atoms with Gasteiger partial charge in [-0.15, -0.1) is 0 Å². The number of nitrogens with zero attached hydrogens (tertiary/aromatic N) is 3. The second-order valence-electron chi connectivity index (χ2n) is 5.80. The summed E-state index contributed by atoms with van der Waals surface area (Å²) in [7, 11) is 0. The van der Waals surface area contributed by atoms with Crippen LogP contribution in [0.15, 0.2) is 0 Å². The monoisotopic (exact) mass is 253 g/mol. The largest absolute Gasteiger partial charge is 0.465 e. The lowest BCUT2D eigenvalue weighted by Gasteiger charge is -2.42. The average molecular weight is 253 g/mol. The van der Waals surface area contributed by atoms with Gasteiger partial charge in [0, 0.05) is 51.4 Å². The first-order chi connectivity index (χ1) is 8.74. The number of amides is 1. The van der Waals surface area contributed by atoms with Crippen molar-refractivity contribution in [2.24, 2.45) is 0 Å². The number of likely N-dealkylation sites (tertiary alicyclic amines) is 1. The highest BCUT2D eigenvalue weighted by Crippen LogP contribution is 2.28. The van der Waals surface area contributed by atoms with E-state index < -0.39 is 6.09 Å². The molecule has 0 atom stereocenters. The number of hydrogen-bond acceptors (Lipinski definition) is 3. The summed E-state index contributed by atoms with van der Waals surface area (Å²) in [4.78, 5) is 17.6. The molecule has 0 aromatic heterocycles. The molecule has 18 heavy (non-hydrogen) atoms. The lowest BCUT2D eigenvalue weighted by Crippen LogP contribution is -2.54. The van der Waals surface area contributed by atoms with Gasteiger partial charge < -0.3 is 10.0 Å². The SMILES string of the molecule is O=C(O)N1CCC(N2CCN(C3CC3)CC2)CC1. The van der Waals surface area contributed by atoms with Crippen LogP contribution in [0.3, 0.4) is 0 Å². The predicted molar refractivity (Wildman–Crippen MR) is 68.8 cm³/mol. The van der Waals surface area contributed by atoms with Gasteiger partial charge in [-0.2, -0.15) is 0 Å². The molecule has 1 N–H and O–H groups in total. The van der Waals surface area contributed by atoms with Crippen molar-refractivity contribution in [2.75, 3.05) is 39.3 Å². The maximum absolute atomic E-state index is 10.9. The first kappa shape index (κ1) is 12.2. The quantitative estimate of drug-likeness (QED) is 0.794. The first-order valence-corrected chi connectivity index (χ1v) is 7.20. The lowest BCUT2D eigenvalue weighted by molar-refractivity contribution is 0.0558. The van der Waals surface area contributed by atoms with Crippen LogP contribution in [0.4, 0.5) is 4.79 Å². The van der Waals surface area contributed by atoms with Gasteiger partial charge >= 0.3 is 6.09 Å². The second-order valence-corrected chi connectivity index (χ2v) is 5.80. The number of piperazine rings is 1. The van der Waals surface area contributed by atoms with Crippen LogP contribution in [0.25, 0.3) is 0 Å². The van der Waals surface area contributed by atoms with Gasteiger partial charge in [0.05, 0.1) is 0 Å². The van der Waals surface area contributed by atoms with Gasteiger partial charge in [-0.3, -0.25) is 9.80 Å². The van der Waals surface area contributed by atoms with Gasteiger partial charge in [-0.1, -0.05) is 0 Å². The van der Waals surface area contributed by atoms with E-state index in [1.54, 1.807) is 4.90 Å². The molecule has 2 saturated heterocycles. The Bertz CT molecular complexity index is 303. The maximum atomic E-state index is 10.9. The number of rotatable bonds is 2. The zero-order valence-electron chi connectivity index (χ0n) is 10.9. The molecule has 102 valence electrons. The van der Waals surface area contributed by atoms with Gasteiger partial charge in [0.1, 0.15) is 0 Å². The van der Waals surface area contributed by atoms with Crippen molar-refractivity contribution in [3.63, 3.8) is 0 Å². The predicted octanol–water partition coefficient (Wildman–Crippen LogP) is 0.909. The summed E-state index contributed by atoms with van der Waals surface area (Å²) < 4.78 is 0. The van der Waals surface area contributed by atoms with E-state index in [4.69, 9.17) is 5.11 Å². The fourth-order valence-corrected chi connectivity index (χ4v) is 3.33. The molecule has 1 aliphatic carbocycles. The molecule has 0 unspecified atom stereocenters. The van der Waals surface area contributed by atoms with E-state index in [9.17, 15) is 4.79 Å². The third-order valence-corrected chi connectivity index (χ3v) is 4.66. The van der Waals surface area contributed by atoms with Crippen LogP contribution in [-0.2, 0) is 0 Å². The minimum Gasteiger partial charge on any atom is -0.465 e. The van der Waals surface area contributed by atoms with Crippen LogP contribution in [-0.4, -0.2) is 77.3 Å². The van der Waals surface area contributed by atoms with E-state index >= 15 is 0 Å². The molecule has 0 bridgehead atoms. The Morgan fingerprint density at radius 2 is 1.22 bits per heavy atom. The highest BCUT2D eigenvalue weighted by atomic mass is 16.4. The van der Waals surface area contributed by atoms with E-state index in [2.05, 4.69) is 9.80 Å². The molecule has 3 fully saturated rings. The van der Waals surface area contributed by atoms with Crippen molar-refractivity contribution in [3.8, 4) is 0 Å². The van der Waals surface area contributed by atoms with E-state index in [-0.39, 0.29) is 0 Å². The summed E-state index contributed by atoms with van der Waals surface area (Å²) >= 11 is 0. The molecule has 2 aliphatic heterocycles. The molecular formula is C13H23N3O2. The number of carboxylic acid groups (broad SMARTS) is 1. The summed E-state index contributed by atoms with van der Waals surface area (Å²) in [5.41, 5.74) is 0. The van der Waals surface area contributed by atoms with E-state index in [0.717, 1.165) is 18.9 Å². The molecule has 3 rings (SSSR count). The Morgan fingerprint density at radius 1 is 0.778 bits per heavy atom. The van der Waals surface area contributed by atoms with E-state index in [1.165, 1.54) is 39.0 Å². The van der Waals surface area contributed by atoms with Gasteiger partial charge in [-0.05, 0) is 25.7 Å². The van der Waals surface area contributed by atoms with Crippen LogP contribution >= 0.6 is 0 Å². The Labute approximate surface area is 108 Å². The van der Waals surface area contributed by atoms with Crippen LogP contribution in [0, 0.1) is 0 Å². The van der Waals surface area contributed by atoms with Crippen molar-refractivity contribution in [1.82, 2.24) is 14.7 Å². The van der Waals surface area contributed by atoms with E-state index in [0.29, 0.717) is 19.1 Å². The van der Waals surface area contributed by atoms with Gasteiger partial charge in [0.25, 0.3) is 0 Å². The van der Waals surface area contributed by atoms with Crippen molar-refractivity contribution >= 4 is 6.09 Å². The van der Waals surface area contributed by atoms with Gasteiger partial charge in [-0.25, -0.2) is 4.79 Å². The standard InChI is InChI=1S/C13H23N3O2/c17-13(18)16-5-3-12(4-6-16)15-9-7-14(8-10-15)11-1-2-11/h11-12H,1-10H2,(H,17,18). The summed E-state index contributed by atoms with van der Waals surface area (Å²) in [5, 5.41) is 8.94. The average Bonchev–Trinajstić information content (AvgIpc) is 3.23. The Balaban J connectivity index is 1.44. The Kier molecular flexibility index (Phi) is 3.43. The van der Waals surface area contributed by atoms with Gasteiger partial charge in [0.2, 0.25) is 0 Å². The number of carbonyl (C=O) groups is 1. The molecule has 1 amide bonds.